The van der Waals surface area contributed by atoms with Crippen LogP contribution in [0.4, 0.5) is 0 Å². The van der Waals surface area contributed by atoms with Crippen molar-refractivity contribution in [3.8, 4) is 11.6 Å². The van der Waals surface area contributed by atoms with E-state index in [2.05, 4.69) is 20.1 Å². The van der Waals surface area contributed by atoms with E-state index in [0.717, 1.165) is 23.6 Å². The molecule has 0 saturated heterocycles. The minimum atomic E-state index is -0.118. The average Bonchev–Trinajstić information content (AvgIpc) is 3.54. The van der Waals surface area contributed by atoms with Crippen LogP contribution in [-0.2, 0) is 19.9 Å². The second-order valence-corrected chi connectivity index (χ2v) is 7.17. The molecule has 0 amide bonds. The van der Waals surface area contributed by atoms with Crippen molar-refractivity contribution in [3.63, 3.8) is 0 Å². The van der Waals surface area contributed by atoms with E-state index in [1.54, 1.807) is 45.0 Å². The molecule has 0 spiro atoms. The maximum Gasteiger partial charge on any atom is 0.269 e. The molecule has 4 rings (SSSR count). The normalized spacial score (nSPS) is 17.7. The van der Waals surface area contributed by atoms with Gasteiger partial charge in [0.05, 0.1) is 25.6 Å². The second kappa shape index (κ2) is 8.38. The van der Waals surface area contributed by atoms with Crippen molar-refractivity contribution in [2.75, 3.05) is 13.7 Å². The Hall–Kier alpha value is -3.29. The average molecular weight is 393 g/mol. The first kappa shape index (κ1) is 19.0. The van der Waals surface area contributed by atoms with Gasteiger partial charge in [-0.05, 0) is 31.4 Å². The molecule has 29 heavy (non-hydrogen) atoms. The van der Waals surface area contributed by atoms with Gasteiger partial charge in [0.1, 0.15) is 5.75 Å². The summed E-state index contributed by atoms with van der Waals surface area (Å²) in [5.74, 6) is 2.02. The smallest absolute Gasteiger partial charge is 0.269 e. The molecule has 150 valence electrons. The van der Waals surface area contributed by atoms with Gasteiger partial charge in [0.25, 0.3) is 5.56 Å². The number of methoxy groups -OCH3 is 1. The third-order valence-electron chi connectivity index (χ3n) is 5.12. The van der Waals surface area contributed by atoms with Gasteiger partial charge in [-0.3, -0.25) is 19.7 Å². The molecular weight excluding hydrogens is 370 g/mol. The van der Waals surface area contributed by atoms with Gasteiger partial charge in [-0.1, -0.05) is 0 Å². The Balaban J connectivity index is 1.36. The lowest BCUT2D eigenvalue weighted by Gasteiger charge is -2.09. The Kier molecular flexibility index (Phi) is 5.50. The number of rotatable bonds is 8. The zero-order valence-electron chi connectivity index (χ0n) is 16.5. The minimum absolute atomic E-state index is 0.118. The second-order valence-electron chi connectivity index (χ2n) is 7.17. The monoisotopic (exact) mass is 393 g/mol. The molecule has 1 saturated carbocycles. The lowest BCUT2D eigenvalue weighted by atomic mass is 10.1. The van der Waals surface area contributed by atoms with Crippen LogP contribution in [0.15, 0.2) is 47.8 Å². The predicted molar refractivity (Wildman–Crippen MR) is 106 cm³/mol. The van der Waals surface area contributed by atoms with E-state index in [1.165, 1.54) is 4.68 Å². The molecule has 3 aromatic rings. The van der Waals surface area contributed by atoms with Crippen LogP contribution in [0.5, 0.6) is 11.6 Å². The lowest BCUT2D eigenvalue weighted by Crippen LogP contribution is -2.24. The summed E-state index contributed by atoms with van der Waals surface area (Å²) in [7, 11) is 3.27. The minimum Gasteiger partial charge on any atom is -0.495 e. The zero-order valence-corrected chi connectivity index (χ0v) is 16.5. The van der Waals surface area contributed by atoms with Gasteiger partial charge in [0, 0.05) is 54.8 Å². The molecular formula is C21H23N5O3. The van der Waals surface area contributed by atoms with Crippen molar-refractivity contribution in [1.29, 1.82) is 0 Å². The number of aryl methyl sites for hydroxylation is 3. The van der Waals surface area contributed by atoms with Crippen LogP contribution >= 0.6 is 0 Å². The van der Waals surface area contributed by atoms with Gasteiger partial charge in [-0.2, -0.15) is 0 Å². The van der Waals surface area contributed by atoms with E-state index in [9.17, 15) is 4.79 Å². The van der Waals surface area contributed by atoms with Crippen molar-refractivity contribution in [3.05, 3.63) is 70.3 Å². The SMILES string of the molecule is COc1ccc([C@H]2C[C@@H]2COc2cc(CCc3cnccn3)c(=O)n(C)n2)nc1. The van der Waals surface area contributed by atoms with Crippen LogP contribution in [-0.4, -0.2) is 38.4 Å². The van der Waals surface area contributed by atoms with Crippen LogP contribution in [0, 0.1) is 5.92 Å². The standard InChI is InChI=1S/C21H23N5O3/c1-26-21(27)14(3-4-16-11-22-7-8-23-16)10-20(25-26)29-13-15-9-18(15)19-6-5-17(28-2)12-24-19/h5-8,10-12,15,18H,3-4,9,13H2,1-2H3/t15-,18+/m1/s1. The number of hydrogen-bond donors (Lipinski definition) is 0. The summed E-state index contributed by atoms with van der Waals surface area (Å²) in [6.45, 7) is 0.549. The number of aromatic nitrogens is 5. The van der Waals surface area contributed by atoms with Gasteiger partial charge in [-0.15, -0.1) is 5.10 Å². The van der Waals surface area contributed by atoms with Crippen LogP contribution in [0.25, 0.3) is 0 Å². The van der Waals surface area contributed by atoms with E-state index in [4.69, 9.17) is 9.47 Å². The molecule has 1 aliphatic carbocycles. The highest BCUT2D eigenvalue weighted by Crippen LogP contribution is 2.46. The van der Waals surface area contributed by atoms with E-state index < -0.39 is 0 Å². The third kappa shape index (κ3) is 4.59. The number of ether oxygens (including phenoxy) is 2. The van der Waals surface area contributed by atoms with E-state index in [-0.39, 0.29) is 5.56 Å². The largest absolute Gasteiger partial charge is 0.495 e. The van der Waals surface area contributed by atoms with Gasteiger partial charge < -0.3 is 9.47 Å². The van der Waals surface area contributed by atoms with Gasteiger partial charge in [-0.25, -0.2) is 4.68 Å². The maximum absolute atomic E-state index is 12.4. The number of nitrogens with zero attached hydrogens (tertiary/aromatic N) is 5. The lowest BCUT2D eigenvalue weighted by molar-refractivity contribution is 0.277. The predicted octanol–water partition coefficient (Wildman–Crippen LogP) is 1.94. The first-order valence-corrected chi connectivity index (χ1v) is 9.59. The Labute approximate surface area is 168 Å². The molecule has 3 heterocycles. The maximum atomic E-state index is 12.4. The van der Waals surface area contributed by atoms with E-state index in [0.29, 0.717) is 42.7 Å². The van der Waals surface area contributed by atoms with Crippen molar-refractivity contribution in [1.82, 2.24) is 24.7 Å². The van der Waals surface area contributed by atoms with Crippen LogP contribution in [0.1, 0.15) is 29.3 Å². The summed E-state index contributed by atoms with van der Waals surface area (Å²) >= 11 is 0. The summed E-state index contributed by atoms with van der Waals surface area (Å²) < 4.78 is 12.4. The molecule has 8 nitrogen and oxygen atoms in total. The summed E-state index contributed by atoms with van der Waals surface area (Å²) in [5, 5.41) is 4.23. The third-order valence-corrected chi connectivity index (χ3v) is 5.12. The molecule has 1 aliphatic rings. The van der Waals surface area contributed by atoms with Gasteiger partial charge >= 0.3 is 0 Å². The summed E-state index contributed by atoms with van der Waals surface area (Å²) in [4.78, 5) is 25.1. The fourth-order valence-corrected chi connectivity index (χ4v) is 3.33. The summed E-state index contributed by atoms with van der Waals surface area (Å²) in [6.07, 6.45) is 8.97. The zero-order chi connectivity index (χ0) is 20.2. The Bertz CT molecular complexity index is 1020. The van der Waals surface area contributed by atoms with E-state index in [1.807, 2.05) is 12.1 Å². The quantitative estimate of drug-likeness (QED) is 0.577. The van der Waals surface area contributed by atoms with Gasteiger partial charge in [0.2, 0.25) is 5.88 Å². The highest BCUT2D eigenvalue weighted by atomic mass is 16.5. The summed E-state index contributed by atoms with van der Waals surface area (Å²) in [6, 6.07) is 5.66. The molecule has 2 atom stereocenters. The highest BCUT2D eigenvalue weighted by Gasteiger charge is 2.40. The molecule has 0 radical (unpaired) electrons. The Morgan fingerprint density at radius 2 is 2.07 bits per heavy atom. The molecule has 8 heteroatoms. The molecule has 0 aliphatic heterocycles. The van der Waals surface area contributed by atoms with Crippen LogP contribution < -0.4 is 15.0 Å². The van der Waals surface area contributed by atoms with Gasteiger partial charge in [0.15, 0.2) is 0 Å². The van der Waals surface area contributed by atoms with Crippen molar-refractivity contribution < 1.29 is 9.47 Å². The van der Waals surface area contributed by atoms with Crippen molar-refractivity contribution in [2.24, 2.45) is 13.0 Å². The van der Waals surface area contributed by atoms with Crippen LogP contribution in [0.3, 0.4) is 0 Å². The summed E-state index contributed by atoms with van der Waals surface area (Å²) in [5.41, 5.74) is 2.44. The molecule has 0 N–H and O–H groups in total. The fraction of sp³-hybridized carbons (Fsp3) is 0.381. The molecule has 1 fully saturated rings. The molecule has 0 unspecified atom stereocenters. The molecule has 3 aromatic heterocycles. The number of hydrogen-bond acceptors (Lipinski definition) is 7. The number of pyridine rings is 1. The van der Waals surface area contributed by atoms with Crippen molar-refractivity contribution >= 4 is 0 Å². The first-order valence-electron chi connectivity index (χ1n) is 9.59. The van der Waals surface area contributed by atoms with E-state index >= 15 is 0 Å². The van der Waals surface area contributed by atoms with Crippen molar-refractivity contribution in [2.45, 2.75) is 25.2 Å². The molecule has 0 aromatic carbocycles. The fourth-order valence-electron chi connectivity index (χ4n) is 3.33. The molecule has 0 bridgehead atoms. The Morgan fingerprint density at radius 3 is 2.79 bits per heavy atom. The Morgan fingerprint density at radius 1 is 1.17 bits per heavy atom. The highest BCUT2D eigenvalue weighted by molar-refractivity contribution is 5.25. The van der Waals surface area contributed by atoms with Crippen LogP contribution in [0.2, 0.25) is 0 Å². The topological polar surface area (TPSA) is 92.0 Å². The first-order chi connectivity index (χ1) is 14.1.